The van der Waals surface area contributed by atoms with Crippen molar-refractivity contribution in [3.05, 3.63) is 71.8 Å². The van der Waals surface area contributed by atoms with Gasteiger partial charge in [-0.1, -0.05) is 62.8 Å². The second-order valence-corrected chi connectivity index (χ2v) is 11.8. The zero-order chi connectivity index (χ0) is 28.5. The zero-order valence-corrected chi connectivity index (χ0v) is 23.9. The number of aliphatic imine (C=N–C) groups is 2. The molecule has 0 amide bonds. The van der Waals surface area contributed by atoms with E-state index < -0.39 is 0 Å². The van der Waals surface area contributed by atoms with Crippen LogP contribution in [0.2, 0.25) is 0 Å². The van der Waals surface area contributed by atoms with Gasteiger partial charge in [0.15, 0.2) is 0 Å². The number of H-pyrrole nitrogens is 2. The summed E-state index contributed by atoms with van der Waals surface area (Å²) in [5, 5.41) is 0. The van der Waals surface area contributed by atoms with E-state index in [2.05, 4.69) is 46.4 Å². The van der Waals surface area contributed by atoms with Gasteiger partial charge in [0, 0.05) is 22.3 Å². The number of benzene rings is 3. The van der Waals surface area contributed by atoms with Crippen LogP contribution < -0.4 is 11.5 Å². The van der Waals surface area contributed by atoms with Gasteiger partial charge in [-0.3, -0.25) is 9.98 Å². The smallest absolute Gasteiger partial charge is 0.138 e. The average molecular weight is 559 g/mol. The highest BCUT2D eigenvalue weighted by Gasteiger charge is 2.15. The Morgan fingerprint density at radius 1 is 0.571 bits per heavy atom. The van der Waals surface area contributed by atoms with E-state index in [0.29, 0.717) is 23.8 Å². The fourth-order valence-electron chi connectivity index (χ4n) is 6.36. The van der Waals surface area contributed by atoms with Gasteiger partial charge in [-0.25, -0.2) is 9.97 Å². The van der Waals surface area contributed by atoms with E-state index in [1.54, 1.807) is 0 Å². The lowest BCUT2D eigenvalue weighted by Gasteiger charge is -2.18. The van der Waals surface area contributed by atoms with E-state index >= 15 is 0 Å². The number of nitrogens with one attached hydrogen (secondary N) is 2. The van der Waals surface area contributed by atoms with E-state index in [0.717, 1.165) is 81.7 Å². The molecule has 2 aliphatic rings. The predicted molar refractivity (Wildman–Crippen MR) is 172 cm³/mol. The number of imidazole rings is 2. The van der Waals surface area contributed by atoms with Gasteiger partial charge in [0.25, 0.3) is 0 Å². The van der Waals surface area contributed by atoms with Crippen molar-refractivity contribution in [2.24, 2.45) is 21.5 Å². The Morgan fingerprint density at radius 3 is 1.38 bits per heavy atom. The van der Waals surface area contributed by atoms with E-state index in [4.69, 9.17) is 31.4 Å². The quantitative estimate of drug-likeness (QED) is 0.134. The maximum Gasteiger partial charge on any atom is 0.138 e. The summed E-state index contributed by atoms with van der Waals surface area (Å²) in [6.07, 6.45) is 12.1. The van der Waals surface area contributed by atoms with Crippen LogP contribution in [0.4, 0.5) is 0 Å². The summed E-state index contributed by atoms with van der Waals surface area (Å²) in [6.45, 7) is 0. The van der Waals surface area contributed by atoms with Crippen molar-refractivity contribution in [3.8, 4) is 22.8 Å². The zero-order valence-electron chi connectivity index (χ0n) is 23.9. The molecule has 0 spiro atoms. The molecule has 2 aliphatic carbocycles. The molecule has 214 valence electrons. The number of nitrogens with two attached hydrogens (primary N) is 2. The van der Waals surface area contributed by atoms with Gasteiger partial charge in [0.2, 0.25) is 0 Å². The molecule has 2 fully saturated rings. The average Bonchev–Trinajstić information content (AvgIpc) is 3.66. The van der Waals surface area contributed by atoms with E-state index in [-0.39, 0.29) is 0 Å². The van der Waals surface area contributed by atoms with Crippen LogP contribution in [0.3, 0.4) is 0 Å². The number of amidine groups is 2. The normalized spacial score (nSPS) is 17.8. The minimum Gasteiger partial charge on any atom is -0.383 e. The number of hydrogen-bond acceptors (Lipinski definition) is 4. The first-order valence-corrected chi connectivity index (χ1v) is 15.4. The van der Waals surface area contributed by atoms with Crippen molar-refractivity contribution >= 4 is 33.7 Å². The number of aromatic nitrogens is 4. The van der Waals surface area contributed by atoms with Crippen LogP contribution in [-0.2, 0) is 0 Å². The maximum absolute atomic E-state index is 6.39. The standard InChI is InChI=1S/C34H38N8/c35-31(37-25-7-3-1-4-8-25)23-15-17-27-29(19-23)41-33(39-27)21-11-13-22(14-12-21)34-40-28-18-16-24(20-30(28)42-34)32(36)38-26-9-5-2-6-10-26/h11-20,25-26H,1-10H2,(H2,35,37)(H2,36,38)(H,39,41)(H,40,42). The molecular formula is C34H38N8. The highest BCUT2D eigenvalue weighted by Crippen LogP contribution is 2.27. The number of rotatable bonds is 6. The van der Waals surface area contributed by atoms with Crippen molar-refractivity contribution in [2.45, 2.75) is 76.3 Å². The number of aromatic amines is 2. The molecule has 8 heteroatoms. The molecule has 7 rings (SSSR count). The fraction of sp³-hybridized carbons (Fsp3) is 0.353. The SMILES string of the molecule is NC(=NC1CCCCC1)c1ccc2nc(-c3ccc(-c4nc5ccc(C(N)=NC6CCCCC6)cc5[nH]4)cc3)[nH]c2c1. The van der Waals surface area contributed by atoms with Crippen molar-refractivity contribution in [1.29, 1.82) is 0 Å². The Morgan fingerprint density at radius 2 is 0.976 bits per heavy atom. The molecule has 0 radical (unpaired) electrons. The lowest BCUT2D eigenvalue weighted by Crippen LogP contribution is -2.19. The van der Waals surface area contributed by atoms with E-state index in [1.165, 1.54) is 38.5 Å². The minimum atomic E-state index is 0.345. The summed E-state index contributed by atoms with van der Waals surface area (Å²) in [7, 11) is 0. The van der Waals surface area contributed by atoms with Crippen molar-refractivity contribution in [3.63, 3.8) is 0 Å². The molecule has 8 nitrogen and oxygen atoms in total. The Balaban J connectivity index is 1.09. The number of hydrogen-bond donors (Lipinski definition) is 4. The second-order valence-electron chi connectivity index (χ2n) is 11.8. The Kier molecular flexibility index (Phi) is 7.20. The molecule has 42 heavy (non-hydrogen) atoms. The molecule has 0 atom stereocenters. The predicted octanol–water partition coefficient (Wildman–Crippen LogP) is 6.85. The van der Waals surface area contributed by atoms with Crippen molar-refractivity contribution in [2.75, 3.05) is 0 Å². The molecule has 2 aromatic heterocycles. The highest BCUT2D eigenvalue weighted by atomic mass is 14.9. The largest absolute Gasteiger partial charge is 0.383 e. The summed E-state index contributed by atoms with van der Waals surface area (Å²) >= 11 is 0. The molecule has 0 saturated heterocycles. The van der Waals surface area contributed by atoms with Crippen LogP contribution in [0.1, 0.15) is 75.3 Å². The first-order chi connectivity index (χ1) is 20.6. The van der Waals surface area contributed by atoms with Crippen LogP contribution >= 0.6 is 0 Å². The van der Waals surface area contributed by atoms with Crippen LogP contribution in [0, 0.1) is 0 Å². The topological polar surface area (TPSA) is 134 Å². The first kappa shape index (κ1) is 26.4. The number of nitrogens with zero attached hydrogens (tertiary/aromatic N) is 4. The van der Waals surface area contributed by atoms with E-state index in [9.17, 15) is 0 Å². The van der Waals surface area contributed by atoms with Crippen LogP contribution in [-0.4, -0.2) is 43.7 Å². The van der Waals surface area contributed by atoms with Crippen LogP contribution in [0.25, 0.3) is 44.8 Å². The lowest BCUT2D eigenvalue weighted by molar-refractivity contribution is 0.443. The monoisotopic (exact) mass is 558 g/mol. The third-order valence-corrected chi connectivity index (χ3v) is 8.78. The third kappa shape index (κ3) is 5.53. The molecule has 2 heterocycles. The molecule has 0 bridgehead atoms. The van der Waals surface area contributed by atoms with Gasteiger partial charge in [-0.2, -0.15) is 0 Å². The Hall–Kier alpha value is -4.46. The van der Waals surface area contributed by atoms with Crippen molar-refractivity contribution in [1.82, 2.24) is 19.9 Å². The Bertz CT molecular complexity index is 1630. The van der Waals surface area contributed by atoms with Crippen LogP contribution in [0.15, 0.2) is 70.6 Å². The molecule has 3 aromatic carbocycles. The summed E-state index contributed by atoms with van der Waals surface area (Å²) in [6, 6.07) is 21.1. The van der Waals surface area contributed by atoms with Gasteiger partial charge in [0.1, 0.15) is 23.3 Å². The molecular weight excluding hydrogens is 520 g/mol. The molecule has 0 unspecified atom stereocenters. The highest BCUT2D eigenvalue weighted by molar-refractivity contribution is 6.01. The number of fused-ring (bicyclic) bond motifs is 2. The van der Waals surface area contributed by atoms with Gasteiger partial charge >= 0.3 is 0 Å². The van der Waals surface area contributed by atoms with Gasteiger partial charge in [-0.05, 0) is 62.1 Å². The van der Waals surface area contributed by atoms with E-state index in [1.807, 2.05) is 24.3 Å². The Labute approximate surface area is 245 Å². The summed E-state index contributed by atoms with van der Waals surface area (Å²) in [5.41, 5.74) is 20.4. The van der Waals surface area contributed by atoms with Gasteiger partial charge in [-0.15, -0.1) is 0 Å². The minimum absolute atomic E-state index is 0.345. The third-order valence-electron chi connectivity index (χ3n) is 8.78. The molecule has 0 aliphatic heterocycles. The molecule has 6 N–H and O–H groups in total. The van der Waals surface area contributed by atoms with Gasteiger partial charge < -0.3 is 21.4 Å². The van der Waals surface area contributed by atoms with Crippen molar-refractivity contribution < 1.29 is 0 Å². The first-order valence-electron chi connectivity index (χ1n) is 15.4. The molecule has 2 saturated carbocycles. The molecule has 5 aromatic rings. The lowest BCUT2D eigenvalue weighted by atomic mass is 9.96. The fourth-order valence-corrected chi connectivity index (χ4v) is 6.36. The summed E-state index contributed by atoms with van der Waals surface area (Å²) in [4.78, 5) is 26.2. The van der Waals surface area contributed by atoms with Crippen LogP contribution in [0.5, 0.6) is 0 Å². The summed E-state index contributed by atoms with van der Waals surface area (Å²) in [5.74, 6) is 2.86. The van der Waals surface area contributed by atoms with Gasteiger partial charge in [0.05, 0.1) is 34.2 Å². The summed E-state index contributed by atoms with van der Waals surface area (Å²) < 4.78 is 0. The maximum atomic E-state index is 6.39. The second kappa shape index (κ2) is 11.4.